The number of ether oxygens (including phenoxy) is 1. The molecule has 2 fully saturated rings. The number of hydrogen-bond donors (Lipinski definition) is 1. The third-order valence-corrected chi connectivity index (χ3v) is 3.69. The van der Waals surface area contributed by atoms with Crippen LogP contribution in [0.3, 0.4) is 0 Å². The van der Waals surface area contributed by atoms with Gasteiger partial charge in [-0.25, -0.2) is 9.37 Å². The number of likely N-dealkylation sites (tertiary alicyclic amines) is 1. The lowest BCUT2D eigenvalue weighted by atomic mass is 10.2. The topological polar surface area (TPSA) is 54.5 Å². The van der Waals surface area contributed by atoms with Crippen molar-refractivity contribution < 1.29 is 13.9 Å². The van der Waals surface area contributed by atoms with Crippen molar-refractivity contribution in [2.45, 2.75) is 25.0 Å². The minimum Gasteiger partial charge on any atom is -0.371 e. The molecule has 3 rings (SSSR count). The Labute approximate surface area is 110 Å². The zero-order valence-electron chi connectivity index (χ0n) is 10.7. The van der Waals surface area contributed by atoms with E-state index in [0.717, 1.165) is 12.8 Å². The second-order valence-corrected chi connectivity index (χ2v) is 4.94. The molecule has 0 spiro atoms. The van der Waals surface area contributed by atoms with Crippen molar-refractivity contribution in [1.82, 2.24) is 9.88 Å². The maximum atomic E-state index is 14.1. The van der Waals surface area contributed by atoms with Gasteiger partial charge in [0.2, 0.25) is 0 Å². The molecular formula is C13H16FN3O2. The second kappa shape index (κ2) is 4.77. The van der Waals surface area contributed by atoms with E-state index in [0.29, 0.717) is 13.1 Å². The fourth-order valence-electron chi connectivity index (χ4n) is 2.73. The normalized spacial score (nSPS) is 25.5. The van der Waals surface area contributed by atoms with Crippen LogP contribution in [-0.2, 0) is 4.74 Å². The maximum absolute atomic E-state index is 14.1. The molecule has 19 heavy (non-hydrogen) atoms. The van der Waals surface area contributed by atoms with Gasteiger partial charge in [-0.3, -0.25) is 4.79 Å². The van der Waals surface area contributed by atoms with Crippen LogP contribution < -0.4 is 5.32 Å². The molecule has 2 aliphatic heterocycles. The highest BCUT2D eigenvalue weighted by Crippen LogP contribution is 2.27. The van der Waals surface area contributed by atoms with Crippen molar-refractivity contribution in [2.75, 3.05) is 25.5 Å². The zero-order chi connectivity index (χ0) is 13.4. The van der Waals surface area contributed by atoms with Gasteiger partial charge in [0.1, 0.15) is 0 Å². The minimum absolute atomic E-state index is 0.0700. The largest absolute Gasteiger partial charge is 0.371 e. The molecule has 1 N–H and O–H groups in total. The van der Waals surface area contributed by atoms with E-state index in [1.807, 2.05) is 0 Å². The number of carbonyl (C=O) groups excluding carboxylic acids is 1. The van der Waals surface area contributed by atoms with Crippen LogP contribution in [0.25, 0.3) is 0 Å². The maximum Gasteiger partial charge on any atom is 0.257 e. The van der Waals surface area contributed by atoms with E-state index in [4.69, 9.17) is 4.74 Å². The van der Waals surface area contributed by atoms with Gasteiger partial charge in [0.25, 0.3) is 5.91 Å². The number of fused-ring (bicyclic) bond motifs is 2. The molecule has 2 saturated heterocycles. The summed E-state index contributed by atoms with van der Waals surface area (Å²) in [6.45, 7) is 1.10. The molecule has 0 aromatic carbocycles. The molecule has 1 aromatic heterocycles. The van der Waals surface area contributed by atoms with Crippen molar-refractivity contribution in [1.29, 1.82) is 0 Å². The molecule has 3 heterocycles. The molecule has 0 radical (unpaired) electrons. The molecule has 1 amide bonds. The predicted molar refractivity (Wildman–Crippen MR) is 67.5 cm³/mol. The Bertz CT molecular complexity index is 497. The average molecular weight is 265 g/mol. The van der Waals surface area contributed by atoms with Crippen LogP contribution in [0.15, 0.2) is 12.3 Å². The van der Waals surface area contributed by atoms with Gasteiger partial charge in [-0.2, -0.15) is 0 Å². The Morgan fingerprint density at radius 3 is 2.79 bits per heavy atom. The first-order chi connectivity index (χ1) is 9.19. The van der Waals surface area contributed by atoms with E-state index in [9.17, 15) is 9.18 Å². The molecule has 102 valence electrons. The van der Waals surface area contributed by atoms with Gasteiger partial charge in [-0.05, 0) is 18.9 Å². The smallest absolute Gasteiger partial charge is 0.257 e. The molecule has 2 aliphatic rings. The molecule has 2 bridgehead atoms. The summed E-state index contributed by atoms with van der Waals surface area (Å²) in [4.78, 5) is 17.9. The highest BCUT2D eigenvalue weighted by atomic mass is 19.1. The Balaban J connectivity index is 1.84. The summed E-state index contributed by atoms with van der Waals surface area (Å²) in [5.74, 6) is -0.771. The first kappa shape index (κ1) is 12.3. The minimum atomic E-state index is -0.589. The van der Waals surface area contributed by atoms with Crippen molar-refractivity contribution in [3.63, 3.8) is 0 Å². The summed E-state index contributed by atoms with van der Waals surface area (Å²) in [5.41, 5.74) is 0.0700. The van der Waals surface area contributed by atoms with E-state index in [1.165, 1.54) is 12.3 Å². The van der Waals surface area contributed by atoms with E-state index in [2.05, 4.69) is 10.3 Å². The molecule has 0 saturated carbocycles. The fourth-order valence-corrected chi connectivity index (χ4v) is 2.73. The molecule has 2 unspecified atom stereocenters. The Morgan fingerprint density at radius 2 is 2.16 bits per heavy atom. The van der Waals surface area contributed by atoms with Crippen LogP contribution in [0.1, 0.15) is 23.2 Å². The number of nitrogens with zero attached hydrogens (tertiary/aromatic N) is 2. The lowest BCUT2D eigenvalue weighted by molar-refractivity contribution is -0.0304. The fraction of sp³-hybridized carbons (Fsp3) is 0.538. The number of anilines is 1. The standard InChI is InChI=1S/C13H16FN3O2/c1-15-12-11(14)10(4-5-16-12)13(18)17-6-8-2-3-9(7-17)19-8/h4-5,8-9H,2-3,6-7H2,1H3,(H,15,16). The number of hydrogen-bond acceptors (Lipinski definition) is 4. The molecule has 5 nitrogen and oxygen atoms in total. The van der Waals surface area contributed by atoms with Gasteiger partial charge in [0.15, 0.2) is 11.6 Å². The van der Waals surface area contributed by atoms with E-state index in [1.54, 1.807) is 11.9 Å². The third kappa shape index (κ3) is 2.16. The summed E-state index contributed by atoms with van der Waals surface area (Å²) in [5, 5.41) is 2.64. The number of rotatable bonds is 2. The third-order valence-electron chi connectivity index (χ3n) is 3.69. The summed E-state index contributed by atoms with van der Waals surface area (Å²) < 4.78 is 19.8. The van der Waals surface area contributed by atoms with E-state index < -0.39 is 5.82 Å². The SMILES string of the molecule is CNc1nccc(C(=O)N2CC3CCC(C2)O3)c1F. The van der Waals surface area contributed by atoms with Crippen LogP contribution in [0.2, 0.25) is 0 Å². The van der Waals surface area contributed by atoms with E-state index >= 15 is 0 Å². The van der Waals surface area contributed by atoms with Gasteiger partial charge in [0.05, 0.1) is 17.8 Å². The summed E-state index contributed by atoms with van der Waals surface area (Å²) >= 11 is 0. The lowest BCUT2D eigenvalue weighted by Gasteiger charge is -2.32. The van der Waals surface area contributed by atoms with Crippen LogP contribution in [0, 0.1) is 5.82 Å². The van der Waals surface area contributed by atoms with Gasteiger partial charge < -0.3 is 15.0 Å². The molecule has 6 heteroatoms. The van der Waals surface area contributed by atoms with Crippen molar-refractivity contribution >= 4 is 11.7 Å². The highest BCUT2D eigenvalue weighted by Gasteiger charge is 2.36. The van der Waals surface area contributed by atoms with Gasteiger partial charge in [-0.1, -0.05) is 0 Å². The molecule has 0 aliphatic carbocycles. The number of carbonyl (C=O) groups is 1. The summed E-state index contributed by atoms with van der Waals surface area (Å²) in [6.07, 6.45) is 3.62. The lowest BCUT2D eigenvalue weighted by Crippen LogP contribution is -2.46. The number of nitrogens with one attached hydrogen (secondary N) is 1. The molecular weight excluding hydrogens is 249 g/mol. The number of halogens is 1. The zero-order valence-corrected chi connectivity index (χ0v) is 10.7. The molecule has 1 aromatic rings. The quantitative estimate of drug-likeness (QED) is 0.875. The Hall–Kier alpha value is -1.69. The van der Waals surface area contributed by atoms with Crippen molar-refractivity contribution in [3.8, 4) is 0 Å². The number of aromatic nitrogens is 1. The predicted octanol–water partition coefficient (Wildman–Crippen LogP) is 1.27. The monoisotopic (exact) mass is 265 g/mol. The van der Waals surface area contributed by atoms with Crippen LogP contribution in [0.5, 0.6) is 0 Å². The summed E-state index contributed by atoms with van der Waals surface area (Å²) in [7, 11) is 1.58. The van der Waals surface area contributed by atoms with Crippen molar-refractivity contribution in [3.05, 3.63) is 23.6 Å². The number of morpholine rings is 1. The Morgan fingerprint density at radius 1 is 1.47 bits per heavy atom. The van der Waals surface area contributed by atoms with Crippen LogP contribution >= 0.6 is 0 Å². The summed E-state index contributed by atoms with van der Waals surface area (Å²) in [6, 6.07) is 1.43. The van der Waals surface area contributed by atoms with Gasteiger partial charge >= 0.3 is 0 Å². The van der Waals surface area contributed by atoms with Crippen molar-refractivity contribution in [2.24, 2.45) is 0 Å². The first-order valence-electron chi connectivity index (χ1n) is 6.46. The van der Waals surface area contributed by atoms with Gasteiger partial charge in [0, 0.05) is 26.3 Å². The average Bonchev–Trinajstić information content (AvgIpc) is 2.77. The number of pyridine rings is 1. The number of amides is 1. The first-order valence-corrected chi connectivity index (χ1v) is 6.46. The van der Waals surface area contributed by atoms with E-state index in [-0.39, 0.29) is 29.5 Å². The van der Waals surface area contributed by atoms with Crippen LogP contribution in [0.4, 0.5) is 10.2 Å². The molecule has 2 atom stereocenters. The van der Waals surface area contributed by atoms with Crippen LogP contribution in [-0.4, -0.2) is 48.1 Å². The highest BCUT2D eigenvalue weighted by molar-refractivity contribution is 5.95. The second-order valence-electron chi connectivity index (χ2n) is 4.94. The van der Waals surface area contributed by atoms with Gasteiger partial charge in [-0.15, -0.1) is 0 Å². The Kier molecular flexibility index (Phi) is 3.10.